The van der Waals surface area contributed by atoms with Gasteiger partial charge in [0.05, 0.1) is 0 Å². The van der Waals surface area contributed by atoms with Crippen LogP contribution in [0.15, 0.2) is 18.2 Å². The highest BCUT2D eigenvalue weighted by atomic mass is 16.2. The Morgan fingerprint density at radius 1 is 1.12 bits per heavy atom. The van der Waals surface area contributed by atoms with Crippen LogP contribution in [0.5, 0.6) is 0 Å². The van der Waals surface area contributed by atoms with Gasteiger partial charge >= 0.3 is 0 Å². The molecule has 5 nitrogen and oxygen atoms in total. The Morgan fingerprint density at radius 3 is 2.29 bits per heavy atom. The summed E-state index contributed by atoms with van der Waals surface area (Å²) in [4.78, 5) is 27.1. The molecule has 2 amide bonds. The van der Waals surface area contributed by atoms with Crippen LogP contribution < -0.4 is 15.5 Å². The normalized spacial score (nSPS) is 14.8. The molecule has 0 radical (unpaired) electrons. The minimum atomic E-state index is -0.862. The van der Waals surface area contributed by atoms with Crippen molar-refractivity contribution in [1.29, 1.82) is 0 Å². The molecule has 0 aromatic heterocycles. The average molecular weight is 331 g/mol. The Balaban J connectivity index is 2.08. The van der Waals surface area contributed by atoms with Crippen molar-refractivity contribution in [3.05, 3.63) is 23.8 Å². The first-order valence-electron chi connectivity index (χ1n) is 8.93. The second-order valence-corrected chi connectivity index (χ2v) is 6.46. The first kappa shape index (κ1) is 18.3. The lowest BCUT2D eigenvalue weighted by atomic mass is 10.0. The third kappa shape index (κ3) is 3.71. The third-order valence-corrected chi connectivity index (χ3v) is 4.74. The molecule has 0 aliphatic heterocycles. The highest BCUT2D eigenvalue weighted by molar-refractivity contribution is 6.13. The van der Waals surface area contributed by atoms with E-state index in [-0.39, 0.29) is 11.8 Å². The summed E-state index contributed by atoms with van der Waals surface area (Å²) in [5.41, 5.74) is 2.08. The van der Waals surface area contributed by atoms with E-state index in [1.807, 2.05) is 26.0 Å². The Labute approximate surface area is 144 Å². The van der Waals surface area contributed by atoms with Gasteiger partial charge in [-0.3, -0.25) is 9.59 Å². The van der Waals surface area contributed by atoms with Gasteiger partial charge in [-0.15, -0.1) is 0 Å². The van der Waals surface area contributed by atoms with E-state index >= 15 is 0 Å². The summed E-state index contributed by atoms with van der Waals surface area (Å²) in [5.74, 6) is -0.325. The standard InChI is InChI=1S/C19H29N3O2/c1-5-12-20-17(23)19(10-11-19)18(24)21-16-9-8-15(13-14(16)4)22(6-2)7-3/h8-9,13H,5-7,10-12H2,1-4H3,(H,20,23)(H,21,24). The minimum absolute atomic E-state index is 0.140. The fourth-order valence-corrected chi connectivity index (χ4v) is 2.91. The van der Waals surface area contributed by atoms with Crippen LogP contribution in [0.25, 0.3) is 0 Å². The van der Waals surface area contributed by atoms with Crippen molar-refractivity contribution in [2.45, 2.75) is 47.0 Å². The molecule has 1 aliphatic rings. The Morgan fingerprint density at radius 2 is 1.79 bits per heavy atom. The molecule has 2 N–H and O–H groups in total. The highest BCUT2D eigenvalue weighted by Gasteiger charge is 2.56. The molecule has 1 aliphatic carbocycles. The molecule has 1 aromatic rings. The van der Waals surface area contributed by atoms with Gasteiger partial charge in [-0.2, -0.15) is 0 Å². The van der Waals surface area contributed by atoms with E-state index in [0.29, 0.717) is 19.4 Å². The topological polar surface area (TPSA) is 61.4 Å². The lowest BCUT2D eigenvalue weighted by Gasteiger charge is -2.22. The van der Waals surface area contributed by atoms with Crippen molar-refractivity contribution in [3.63, 3.8) is 0 Å². The maximum atomic E-state index is 12.6. The van der Waals surface area contributed by atoms with Gasteiger partial charge in [-0.1, -0.05) is 6.92 Å². The first-order valence-corrected chi connectivity index (χ1v) is 8.93. The largest absolute Gasteiger partial charge is 0.372 e. The van der Waals surface area contributed by atoms with Gasteiger partial charge in [-0.05, 0) is 63.8 Å². The molecule has 0 heterocycles. The van der Waals surface area contributed by atoms with E-state index in [0.717, 1.165) is 36.4 Å². The Hall–Kier alpha value is -2.04. The molecule has 1 fully saturated rings. The van der Waals surface area contributed by atoms with Crippen LogP contribution in [0, 0.1) is 12.3 Å². The quantitative estimate of drug-likeness (QED) is 0.720. The van der Waals surface area contributed by atoms with Crippen LogP contribution >= 0.6 is 0 Å². The van der Waals surface area contributed by atoms with Gasteiger partial charge < -0.3 is 15.5 Å². The summed E-state index contributed by atoms with van der Waals surface area (Å²) in [5, 5.41) is 5.80. The fraction of sp³-hybridized carbons (Fsp3) is 0.579. The number of carbonyl (C=O) groups is 2. The van der Waals surface area contributed by atoms with Gasteiger partial charge in [-0.25, -0.2) is 0 Å². The van der Waals surface area contributed by atoms with Crippen molar-refractivity contribution < 1.29 is 9.59 Å². The smallest absolute Gasteiger partial charge is 0.240 e. The zero-order valence-electron chi connectivity index (χ0n) is 15.2. The highest BCUT2D eigenvalue weighted by Crippen LogP contribution is 2.47. The average Bonchev–Trinajstić information content (AvgIpc) is 3.38. The van der Waals surface area contributed by atoms with E-state index in [9.17, 15) is 9.59 Å². The molecule has 24 heavy (non-hydrogen) atoms. The minimum Gasteiger partial charge on any atom is -0.372 e. The Kier molecular flexibility index (Phi) is 5.86. The van der Waals surface area contributed by atoms with Crippen LogP contribution in [0.2, 0.25) is 0 Å². The number of aryl methyl sites for hydroxylation is 1. The fourth-order valence-electron chi connectivity index (χ4n) is 2.91. The Bertz CT molecular complexity index is 605. The second kappa shape index (κ2) is 7.69. The van der Waals surface area contributed by atoms with Crippen LogP contribution in [-0.2, 0) is 9.59 Å². The van der Waals surface area contributed by atoms with Gasteiger partial charge in [0.2, 0.25) is 11.8 Å². The van der Waals surface area contributed by atoms with Crippen LogP contribution in [-0.4, -0.2) is 31.4 Å². The molecule has 5 heteroatoms. The summed E-state index contributed by atoms with van der Waals surface area (Å²) in [6.07, 6.45) is 2.13. The zero-order valence-corrected chi connectivity index (χ0v) is 15.2. The molecule has 1 aromatic carbocycles. The third-order valence-electron chi connectivity index (χ3n) is 4.74. The summed E-state index contributed by atoms with van der Waals surface area (Å²) < 4.78 is 0. The number of anilines is 2. The van der Waals surface area contributed by atoms with Crippen LogP contribution in [0.3, 0.4) is 0 Å². The molecule has 2 rings (SSSR count). The van der Waals surface area contributed by atoms with E-state index in [4.69, 9.17) is 0 Å². The summed E-state index contributed by atoms with van der Waals surface area (Å²) in [7, 11) is 0. The molecular formula is C19H29N3O2. The molecule has 1 saturated carbocycles. The predicted octanol–water partition coefficient (Wildman–Crippen LogP) is 3.09. The predicted molar refractivity (Wildman–Crippen MR) is 98.3 cm³/mol. The maximum Gasteiger partial charge on any atom is 0.240 e. The number of rotatable bonds is 8. The van der Waals surface area contributed by atoms with Gasteiger partial charge in [0.1, 0.15) is 5.41 Å². The summed E-state index contributed by atoms with van der Waals surface area (Å²) in [6.45, 7) is 10.7. The van der Waals surface area contributed by atoms with Crippen molar-refractivity contribution in [1.82, 2.24) is 5.32 Å². The first-order chi connectivity index (χ1) is 11.5. The number of carbonyl (C=O) groups excluding carboxylic acids is 2. The van der Waals surface area contributed by atoms with E-state index in [2.05, 4.69) is 35.4 Å². The summed E-state index contributed by atoms with van der Waals surface area (Å²) >= 11 is 0. The van der Waals surface area contributed by atoms with Crippen molar-refractivity contribution in [2.24, 2.45) is 5.41 Å². The van der Waals surface area contributed by atoms with Crippen molar-refractivity contribution in [3.8, 4) is 0 Å². The number of amides is 2. The van der Waals surface area contributed by atoms with Gasteiger partial charge in [0.15, 0.2) is 0 Å². The van der Waals surface area contributed by atoms with Crippen molar-refractivity contribution >= 4 is 23.2 Å². The number of benzene rings is 1. The number of nitrogens with one attached hydrogen (secondary N) is 2. The number of hydrogen-bond acceptors (Lipinski definition) is 3. The zero-order chi connectivity index (χ0) is 17.7. The molecule has 132 valence electrons. The van der Waals surface area contributed by atoms with Crippen molar-refractivity contribution in [2.75, 3.05) is 29.9 Å². The number of nitrogens with zero attached hydrogens (tertiary/aromatic N) is 1. The van der Waals surface area contributed by atoms with E-state index in [1.165, 1.54) is 0 Å². The molecule has 0 bridgehead atoms. The van der Waals surface area contributed by atoms with Crippen LogP contribution in [0.4, 0.5) is 11.4 Å². The second-order valence-electron chi connectivity index (χ2n) is 6.46. The monoisotopic (exact) mass is 331 g/mol. The maximum absolute atomic E-state index is 12.6. The van der Waals surface area contributed by atoms with Gasteiger partial charge in [0, 0.05) is 31.0 Å². The van der Waals surface area contributed by atoms with E-state index < -0.39 is 5.41 Å². The lowest BCUT2D eigenvalue weighted by Crippen LogP contribution is -2.40. The molecule has 0 atom stereocenters. The van der Waals surface area contributed by atoms with Crippen LogP contribution in [0.1, 0.15) is 45.6 Å². The SMILES string of the molecule is CCCNC(=O)C1(C(=O)Nc2ccc(N(CC)CC)cc2C)CC1. The lowest BCUT2D eigenvalue weighted by molar-refractivity contribution is -0.134. The molecular weight excluding hydrogens is 302 g/mol. The summed E-state index contributed by atoms with van der Waals surface area (Å²) in [6, 6.07) is 6.03. The molecule has 0 saturated heterocycles. The van der Waals surface area contributed by atoms with E-state index in [1.54, 1.807) is 0 Å². The molecule has 0 spiro atoms. The molecule has 0 unspecified atom stereocenters. The van der Waals surface area contributed by atoms with Gasteiger partial charge in [0.25, 0.3) is 0 Å². The number of hydrogen-bond donors (Lipinski definition) is 2.